The van der Waals surface area contributed by atoms with Gasteiger partial charge in [-0.3, -0.25) is 4.90 Å². The van der Waals surface area contributed by atoms with Gasteiger partial charge in [-0.15, -0.1) is 0 Å². The minimum atomic E-state index is -4.46. The van der Waals surface area contributed by atoms with Gasteiger partial charge in [-0.2, -0.15) is 13.2 Å². The minimum absolute atomic E-state index is 0.0619. The van der Waals surface area contributed by atoms with Crippen LogP contribution in [-0.2, 0) is 9.84 Å². The largest absolute Gasteiger partial charge is 0.446 e. The Labute approximate surface area is 216 Å². The summed E-state index contributed by atoms with van der Waals surface area (Å²) in [4.78, 5) is 2.11. The molecule has 0 bridgehead atoms. The zero-order valence-corrected chi connectivity index (χ0v) is 21.5. The molecule has 0 atom stereocenters. The highest BCUT2D eigenvalue weighted by atomic mass is 35.5. The van der Waals surface area contributed by atoms with Crippen molar-refractivity contribution in [2.24, 2.45) is 0 Å². The predicted octanol–water partition coefficient (Wildman–Crippen LogP) is 7.47. The fraction of sp³-hybridized carbons (Fsp3) is 0.200. The van der Waals surface area contributed by atoms with E-state index in [-0.39, 0.29) is 33.2 Å². The van der Waals surface area contributed by atoms with Crippen molar-refractivity contribution in [3.8, 4) is 0 Å². The molecular formula is C25H20Cl2F3NO2S2. The highest BCUT2D eigenvalue weighted by molar-refractivity contribution is 8.00. The van der Waals surface area contributed by atoms with Crippen molar-refractivity contribution in [2.45, 2.75) is 16.4 Å². The van der Waals surface area contributed by atoms with Crippen LogP contribution in [0.1, 0.15) is 22.7 Å². The number of thioether (sulfide) groups is 1. The maximum absolute atomic E-state index is 12.9. The lowest BCUT2D eigenvalue weighted by atomic mass is 9.92. The first-order chi connectivity index (χ1) is 16.4. The molecule has 35 heavy (non-hydrogen) atoms. The number of benzene rings is 3. The molecular weight excluding hydrogens is 538 g/mol. The van der Waals surface area contributed by atoms with Crippen LogP contribution >= 0.6 is 35.0 Å². The molecule has 1 saturated heterocycles. The third-order valence-corrected chi connectivity index (χ3v) is 8.04. The molecule has 3 aromatic rings. The van der Waals surface area contributed by atoms with Gasteiger partial charge in [0.25, 0.3) is 0 Å². The van der Waals surface area contributed by atoms with Crippen molar-refractivity contribution in [1.82, 2.24) is 4.90 Å². The average molecular weight is 558 g/mol. The van der Waals surface area contributed by atoms with E-state index >= 15 is 0 Å². The summed E-state index contributed by atoms with van der Waals surface area (Å²) < 4.78 is 64.0. The summed E-state index contributed by atoms with van der Waals surface area (Å²) in [5.41, 5.74) is -1.62. The van der Waals surface area contributed by atoms with Crippen LogP contribution in [0.3, 0.4) is 0 Å². The number of hydrogen-bond donors (Lipinski definition) is 0. The van der Waals surface area contributed by atoms with Gasteiger partial charge >= 0.3 is 5.51 Å². The third kappa shape index (κ3) is 6.43. The first kappa shape index (κ1) is 26.1. The Balaban J connectivity index is 1.70. The van der Waals surface area contributed by atoms with Gasteiger partial charge in [0.05, 0.1) is 10.9 Å². The fourth-order valence-electron chi connectivity index (χ4n) is 4.19. The molecule has 0 amide bonds. The van der Waals surface area contributed by atoms with Gasteiger partial charge in [0.2, 0.25) is 0 Å². The summed E-state index contributed by atoms with van der Waals surface area (Å²) in [6.07, 6.45) is 1.08. The summed E-state index contributed by atoms with van der Waals surface area (Å²) in [6.45, 7) is 0.684. The maximum atomic E-state index is 12.9. The Morgan fingerprint density at radius 1 is 0.914 bits per heavy atom. The molecule has 184 valence electrons. The Morgan fingerprint density at radius 2 is 1.43 bits per heavy atom. The number of halogens is 5. The Hall–Kier alpha value is -1.97. The molecule has 4 rings (SSSR count). The van der Waals surface area contributed by atoms with E-state index in [1.165, 1.54) is 24.3 Å². The normalized spacial score (nSPS) is 14.8. The van der Waals surface area contributed by atoms with Gasteiger partial charge in [-0.25, -0.2) is 8.42 Å². The van der Waals surface area contributed by atoms with E-state index in [1.807, 2.05) is 24.3 Å². The van der Waals surface area contributed by atoms with Gasteiger partial charge in [0.15, 0.2) is 9.84 Å². The molecule has 0 aromatic heterocycles. The second-order valence-electron chi connectivity index (χ2n) is 8.19. The maximum Gasteiger partial charge on any atom is 0.446 e. The van der Waals surface area contributed by atoms with Crippen LogP contribution in [0.15, 0.2) is 83.3 Å². The first-order valence-corrected chi connectivity index (χ1v) is 13.9. The average Bonchev–Trinajstić information content (AvgIpc) is 2.72. The Morgan fingerprint density at radius 3 is 1.89 bits per heavy atom. The fourth-order valence-corrected chi connectivity index (χ4v) is 6.25. The lowest BCUT2D eigenvalue weighted by Gasteiger charge is -2.42. The molecule has 0 aliphatic carbocycles. The van der Waals surface area contributed by atoms with Crippen LogP contribution in [0.25, 0.3) is 4.91 Å². The van der Waals surface area contributed by atoms with Crippen molar-refractivity contribution in [3.05, 3.63) is 105 Å². The molecule has 0 N–H and O–H groups in total. The number of hydrogen-bond acceptors (Lipinski definition) is 4. The molecule has 1 aliphatic heterocycles. The van der Waals surface area contributed by atoms with E-state index in [9.17, 15) is 21.6 Å². The number of rotatable bonds is 6. The number of alkyl halides is 3. The quantitative estimate of drug-likeness (QED) is 0.294. The predicted molar refractivity (Wildman–Crippen MR) is 136 cm³/mol. The van der Waals surface area contributed by atoms with Gasteiger partial charge in [0, 0.05) is 34.3 Å². The van der Waals surface area contributed by atoms with E-state index in [4.69, 9.17) is 23.2 Å². The summed E-state index contributed by atoms with van der Waals surface area (Å²) in [5, 5.41) is 1.20. The van der Waals surface area contributed by atoms with Crippen LogP contribution in [0.4, 0.5) is 13.2 Å². The van der Waals surface area contributed by atoms with E-state index in [0.717, 1.165) is 17.4 Å². The number of likely N-dealkylation sites (tertiary alicyclic amines) is 1. The molecule has 0 spiro atoms. The topological polar surface area (TPSA) is 37.4 Å². The summed E-state index contributed by atoms with van der Waals surface area (Å²) in [7, 11) is -3.70. The Bertz CT molecular complexity index is 1300. The standard InChI is InChI=1S/C25H20Cl2F3NO2S2/c1-35(32,33)24(18-3-2-4-22(13-18)34-25(28,29)30)19-14-31(15-19)23(16-5-9-20(26)10-6-16)17-7-11-21(27)12-8-17/h2-13,23H,14-15H2,1H3. The second-order valence-corrected chi connectivity index (χ2v) is 12.2. The smallest absolute Gasteiger partial charge is 0.284 e. The van der Waals surface area contributed by atoms with E-state index < -0.39 is 15.3 Å². The van der Waals surface area contributed by atoms with Gasteiger partial charge < -0.3 is 0 Å². The van der Waals surface area contributed by atoms with Crippen LogP contribution in [0.2, 0.25) is 10.0 Å². The van der Waals surface area contributed by atoms with Crippen LogP contribution < -0.4 is 0 Å². The molecule has 3 aromatic carbocycles. The molecule has 3 nitrogen and oxygen atoms in total. The van der Waals surface area contributed by atoms with E-state index in [2.05, 4.69) is 4.90 Å². The van der Waals surface area contributed by atoms with Crippen molar-refractivity contribution in [1.29, 1.82) is 0 Å². The van der Waals surface area contributed by atoms with Gasteiger partial charge in [0.1, 0.15) is 0 Å². The number of sulfone groups is 1. The van der Waals surface area contributed by atoms with Crippen LogP contribution in [-0.4, -0.2) is 38.2 Å². The molecule has 0 saturated carbocycles. The molecule has 10 heteroatoms. The van der Waals surface area contributed by atoms with Crippen molar-refractivity contribution >= 4 is 49.7 Å². The number of nitrogens with zero attached hydrogens (tertiary/aromatic N) is 1. The highest BCUT2D eigenvalue weighted by Gasteiger charge is 2.35. The summed E-state index contributed by atoms with van der Waals surface area (Å²) in [5.74, 6) is 0. The lowest BCUT2D eigenvalue weighted by molar-refractivity contribution is -0.0328. The zero-order chi connectivity index (χ0) is 25.4. The van der Waals surface area contributed by atoms with Crippen LogP contribution in [0.5, 0.6) is 0 Å². The van der Waals surface area contributed by atoms with E-state index in [1.54, 1.807) is 24.3 Å². The Kier molecular flexibility index (Phi) is 7.60. The first-order valence-electron chi connectivity index (χ1n) is 10.4. The van der Waals surface area contributed by atoms with Crippen molar-refractivity contribution < 1.29 is 21.6 Å². The second kappa shape index (κ2) is 10.2. The molecule has 1 heterocycles. The molecule has 1 aliphatic rings. The minimum Gasteiger partial charge on any atom is -0.284 e. The molecule has 0 radical (unpaired) electrons. The molecule has 1 fully saturated rings. The molecule has 0 unspecified atom stereocenters. The SMILES string of the molecule is CS(=O)(=O)C(=C1CN(C(c2ccc(Cl)cc2)c2ccc(Cl)cc2)C1)c1cccc(SC(F)(F)F)c1. The van der Waals surface area contributed by atoms with Crippen LogP contribution in [0, 0.1) is 0 Å². The van der Waals surface area contributed by atoms with Crippen molar-refractivity contribution in [3.63, 3.8) is 0 Å². The summed E-state index contributed by atoms with van der Waals surface area (Å²) in [6, 6.07) is 20.2. The van der Waals surface area contributed by atoms with E-state index in [0.29, 0.717) is 28.7 Å². The van der Waals surface area contributed by atoms with Gasteiger partial charge in [-0.1, -0.05) is 59.6 Å². The third-order valence-electron chi connectivity index (χ3n) is 5.55. The lowest BCUT2D eigenvalue weighted by Crippen LogP contribution is -2.44. The zero-order valence-electron chi connectivity index (χ0n) is 18.4. The van der Waals surface area contributed by atoms with Crippen molar-refractivity contribution in [2.75, 3.05) is 19.3 Å². The summed E-state index contributed by atoms with van der Waals surface area (Å²) >= 11 is 11.9. The monoisotopic (exact) mass is 557 g/mol. The van der Waals surface area contributed by atoms with Gasteiger partial charge in [-0.05, 0) is 70.4 Å². The highest BCUT2D eigenvalue weighted by Crippen LogP contribution is 2.41.